The zero-order valence-electron chi connectivity index (χ0n) is 12.8. The molecule has 1 aliphatic heterocycles. The van der Waals surface area contributed by atoms with Gasteiger partial charge in [0, 0.05) is 25.4 Å². The summed E-state index contributed by atoms with van der Waals surface area (Å²) in [4.78, 5) is 11.7. The molecule has 1 aromatic carbocycles. The Morgan fingerprint density at radius 3 is 2.82 bits per heavy atom. The molecule has 1 fully saturated rings. The number of carbonyl (C=O) groups excluding carboxylic acids is 1. The predicted molar refractivity (Wildman–Crippen MR) is 89.2 cm³/mol. The van der Waals surface area contributed by atoms with Gasteiger partial charge in [-0.15, -0.1) is 12.4 Å². The number of nitrogens with two attached hydrogens (primary N) is 1. The van der Waals surface area contributed by atoms with Crippen molar-refractivity contribution >= 4 is 24.0 Å². The van der Waals surface area contributed by atoms with Crippen LogP contribution in [0.5, 0.6) is 0 Å². The summed E-state index contributed by atoms with van der Waals surface area (Å²) in [5.74, 6) is 0.0268. The Morgan fingerprint density at radius 2 is 2.14 bits per heavy atom. The van der Waals surface area contributed by atoms with Gasteiger partial charge in [-0.2, -0.15) is 0 Å². The second-order valence-corrected chi connectivity index (χ2v) is 5.33. The summed E-state index contributed by atoms with van der Waals surface area (Å²) in [6.45, 7) is 2.82. The van der Waals surface area contributed by atoms with E-state index in [-0.39, 0.29) is 24.4 Å². The van der Waals surface area contributed by atoms with E-state index in [1.54, 1.807) is 0 Å². The van der Waals surface area contributed by atoms with Gasteiger partial charge in [-0.3, -0.25) is 4.79 Å². The lowest BCUT2D eigenvalue weighted by atomic mass is 10.1. The number of halogens is 1. The number of anilines is 1. The van der Waals surface area contributed by atoms with Crippen molar-refractivity contribution in [1.82, 2.24) is 5.32 Å². The molecule has 124 valence electrons. The van der Waals surface area contributed by atoms with Gasteiger partial charge in [0.05, 0.1) is 19.1 Å². The van der Waals surface area contributed by atoms with Gasteiger partial charge in [0.15, 0.2) is 0 Å². The lowest BCUT2D eigenvalue weighted by molar-refractivity contribution is -0.120. The topological polar surface area (TPSA) is 73.6 Å². The fourth-order valence-electron chi connectivity index (χ4n) is 2.28. The van der Waals surface area contributed by atoms with Crippen LogP contribution in [-0.2, 0) is 20.7 Å². The summed E-state index contributed by atoms with van der Waals surface area (Å²) in [6, 6.07) is 7.36. The second-order valence-electron chi connectivity index (χ2n) is 5.33. The van der Waals surface area contributed by atoms with Crippen LogP contribution in [0.4, 0.5) is 5.69 Å². The molecule has 0 saturated carbocycles. The Balaban J connectivity index is 0.00000242. The molecule has 2 rings (SSSR count). The molecule has 0 aromatic heterocycles. The Bertz CT molecular complexity index is 434. The highest BCUT2D eigenvalue weighted by Crippen LogP contribution is 2.11. The van der Waals surface area contributed by atoms with Crippen molar-refractivity contribution in [2.24, 2.45) is 0 Å². The van der Waals surface area contributed by atoms with Gasteiger partial charge >= 0.3 is 0 Å². The highest BCUT2D eigenvalue weighted by Gasteiger charge is 2.14. The molecule has 0 aliphatic carbocycles. The Labute approximate surface area is 138 Å². The maximum absolute atomic E-state index is 11.7. The lowest BCUT2D eigenvalue weighted by Crippen LogP contribution is -2.27. The van der Waals surface area contributed by atoms with Crippen molar-refractivity contribution < 1.29 is 14.3 Å². The zero-order valence-corrected chi connectivity index (χ0v) is 13.6. The van der Waals surface area contributed by atoms with Gasteiger partial charge in [-0.25, -0.2) is 0 Å². The van der Waals surface area contributed by atoms with Crippen molar-refractivity contribution in [3.8, 4) is 0 Å². The second kappa shape index (κ2) is 10.4. The minimum atomic E-state index is 0. The Hall–Kier alpha value is -1.30. The first-order valence-corrected chi connectivity index (χ1v) is 7.54. The maximum Gasteiger partial charge on any atom is 0.224 e. The van der Waals surface area contributed by atoms with E-state index in [9.17, 15) is 4.79 Å². The van der Waals surface area contributed by atoms with E-state index in [4.69, 9.17) is 15.2 Å². The van der Waals surface area contributed by atoms with Crippen molar-refractivity contribution in [1.29, 1.82) is 0 Å². The lowest BCUT2D eigenvalue weighted by Gasteiger charge is -2.10. The molecule has 1 unspecified atom stereocenters. The molecule has 0 radical (unpaired) electrons. The molecule has 1 aromatic rings. The third-order valence-electron chi connectivity index (χ3n) is 3.46. The number of nitrogen functional groups attached to an aromatic ring is 1. The van der Waals surface area contributed by atoms with Crippen molar-refractivity contribution in [3.63, 3.8) is 0 Å². The van der Waals surface area contributed by atoms with E-state index in [0.29, 0.717) is 31.9 Å². The molecule has 0 spiro atoms. The van der Waals surface area contributed by atoms with Gasteiger partial charge in [-0.1, -0.05) is 12.1 Å². The first-order chi connectivity index (χ1) is 10.2. The SMILES string of the molecule is Cl.Nc1ccc(CC(=O)NCCCOCC2CCCO2)cc1. The van der Waals surface area contributed by atoms with Crippen molar-refractivity contribution in [2.75, 3.05) is 32.1 Å². The van der Waals surface area contributed by atoms with Crippen molar-refractivity contribution in [3.05, 3.63) is 29.8 Å². The molecule has 1 aliphatic rings. The molecule has 1 heterocycles. The minimum Gasteiger partial charge on any atom is -0.399 e. The third-order valence-corrected chi connectivity index (χ3v) is 3.46. The van der Waals surface area contributed by atoms with E-state index >= 15 is 0 Å². The molecule has 22 heavy (non-hydrogen) atoms. The van der Waals surface area contributed by atoms with Crippen LogP contribution in [0.1, 0.15) is 24.8 Å². The quantitative estimate of drug-likeness (QED) is 0.565. The zero-order chi connectivity index (χ0) is 14.9. The summed E-state index contributed by atoms with van der Waals surface area (Å²) in [5.41, 5.74) is 7.29. The summed E-state index contributed by atoms with van der Waals surface area (Å²) < 4.78 is 11.0. The number of carbonyl (C=O) groups is 1. The van der Waals surface area contributed by atoms with E-state index in [0.717, 1.165) is 31.4 Å². The molecule has 1 saturated heterocycles. The minimum absolute atomic E-state index is 0. The molecule has 1 atom stereocenters. The first kappa shape index (κ1) is 18.7. The number of hydrogen-bond donors (Lipinski definition) is 2. The van der Waals surface area contributed by atoms with Crippen LogP contribution < -0.4 is 11.1 Å². The van der Waals surface area contributed by atoms with E-state index in [1.807, 2.05) is 24.3 Å². The highest BCUT2D eigenvalue weighted by atomic mass is 35.5. The molecule has 1 amide bonds. The van der Waals surface area contributed by atoms with Gasteiger partial charge in [0.1, 0.15) is 0 Å². The average molecular weight is 329 g/mol. The highest BCUT2D eigenvalue weighted by molar-refractivity contribution is 5.85. The Kier molecular flexibility index (Phi) is 8.89. The number of ether oxygens (including phenoxy) is 2. The smallest absolute Gasteiger partial charge is 0.224 e. The van der Waals surface area contributed by atoms with E-state index in [1.165, 1.54) is 0 Å². The average Bonchev–Trinajstić information content (AvgIpc) is 2.98. The monoisotopic (exact) mass is 328 g/mol. The standard InChI is InChI=1S/C16H24N2O3.ClH/c17-14-6-4-13(5-7-14)11-16(19)18-8-2-9-20-12-15-3-1-10-21-15;/h4-7,15H,1-3,8-12,17H2,(H,18,19);1H. The van der Waals surface area contributed by atoms with Gasteiger partial charge in [-0.05, 0) is 37.0 Å². The molecule has 5 nitrogen and oxygen atoms in total. The normalized spacial score (nSPS) is 17.0. The molecular formula is C16H25ClN2O3. The van der Waals surface area contributed by atoms with Crippen molar-refractivity contribution in [2.45, 2.75) is 31.8 Å². The molecule has 6 heteroatoms. The summed E-state index contributed by atoms with van der Waals surface area (Å²) in [7, 11) is 0. The van der Waals surface area contributed by atoms with Gasteiger partial charge < -0.3 is 20.5 Å². The molecular weight excluding hydrogens is 304 g/mol. The fourth-order valence-corrected chi connectivity index (χ4v) is 2.28. The first-order valence-electron chi connectivity index (χ1n) is 7.54. The number of amides is 1. The number of rotatable bonds is 8. The van der Waals surface area contributed by atoms with Crippen LogP contribution in [0.3, 0.4) is 0 Å². The van der Waals surface area contributed by atoms with Gasteiger partial charge in [0.25, 0.3) is 0 Å². The van der Waals surface area contributed by atoms with Crippen LogP contribution in [0.2, 0.25) is 0 Å². The van der Waals surface area contributed by atoms with Gasteiger partial charge in [0.2, 0.25) is 5.91 Å². The summed E-state index contributed by atoms with van der Waals surface area (Å²) in [5, 5.41) is 2.89. The van der Waals surface area contributed by atoms with Crippen LogP contribution in [0.15, 0.2) is 24.3 Å². The largest absolute Gasteiger partial charge is 0.399 e. The van der Waals surface area contributed by atoms with Crippen LogP contribution in [0.25, 0.3) is 0 Å². The number of benzene rings is 1. The van der Waals surface area contributed by atoms with Crippen LogP contribution in [0, 0.1) is 0 Å². The Morgan fingerprint density at radius 1 is 1.36 bits per heavy atom. The molecule has 3 N–H and O–H groups in total. The summed E-state index contributed by atoms with van der Waals surface area (Å²) in [6.07, 6.45) is 3.70. The fraction of sp³-hybridized carbons (Fsp3) is 0.562. The number of hydrogen-bond acceptors (Lipinski definition) is 4. The van der Waals surface area contributed by atoms with Crippen LogP contribution >= 0.6 is 12.4 Å². The van der Waals surface area contributed by atoms with E-state index in [2.05, 4.69) is 5.32 Å². The van der Waals surface area contributed by atoms with Crippen LogP contribution in [-0.4, -0.2) is 38.4 Å². The third kappa shape index (κ3) is 7.11. The predicted octanol–water partition coefficient (Wildman–Crippen LogP) is 1.93. The van der Waals surface area contributed by atoms with E-state index < -0.39 is 0 Å². The maximum atomic E-state index is 11.7. The summed E-state index contributed by atoms with van der Waals surface area (Å²) >= 11 is 0. The number of nitrogens with one attached hydrogen (secondary N) is 1. The molecule has 0 bridgehead atoms.